The maximum Gasteiger partial charge on any atom is 0.268 e. The highest BCUT2D eigenvalue weighted by Gasteiger charge is 2.23. The minimum atomic E-state index is -4.63. The maximum absolute atomic E-state index is 12.9. The molecule has 8 nitrogen and oxygen atoms in total. The number of aliphatic hydroxyl groups excluding tert-OH is 1. The molecule has 0 heterocycles. The summed E-state index contributed by atoms with van der Waals surface area (Å²) in [5.41, 5.74) is 0. The monoisotopic (exact) mass is 1020 g/mol. The van der Waals surface area contributed by atoms with Crippen LogP contribution in [0.5, 0.6) is 0 Å². The van der Waals surface area contributed by atoms with E-state index in [2.05, 4.69) is 116 Å². The molecule has 0 bridgehead atoms. The van der Waals surface area contributed by atoms with Crippen molar-refractivity contribution in [2.75, 3.05) is 40.9 Å². The van der Waals surface area contributed by atoms with Gasteiger partial charge in [0.25, 0.3) is 7.82 Å². The van der Waals surface area contributed by atoms with Crippen LogP contribution in [0, 0.1) is 0 Å². The van der Waals surface area contributed by atoms with Crippen molar-refractivity contribution in [3.63, 3.8) is 0 Å². The van der Waals surface area contributed by atoms with Gasteiger partial charge in [0.15, 0.2) is 0 Å². The molecule has 0 saturated carbocycles. The Balaban J connectivity index is 4.36. The third kappa shape index (κ3) is 54.9. The number of carbonyl (C=O) groups is 1. The zero-order valence-corrected chi connectivity index (χ0v) is 48.0. The Hall–Kier alpha value is -2.84. The van der Waals surface area contributed by atoms with Gasteiger partial charge in [-0.1, -0.05) is 239 Å². The van der Waals surface area contributed by atoms with Crippen molar-refractivity contribution in [1.82, 2.24) is 5.32 Å². The Bertz CT molecular complexity index is 1540. The van der Waals surface area contributed by atoms with E-state index in [4.69, 9.17) is 9.05 Å². The van der Waals surface area contributed by atoms with E-state index in [9.17, 15) is 19.4 Å². The van der Waals surface area contributed by atoms with E-state index in [1.807, 2.05) is 27.2 Å². The fraction of sp³-hybridized carbons (Fsp3) is 0.698. The van der Waals surface area contributed by atoms with Gasteiger partial charge in [-0.05, 0) is 96.3 Å². The molecule has 0 aliphatic rings. The van der Waals surface area contributed by atoms with Crippen LogP contribution in [0.25, 0.3) is 0 Å². The van der Waals surface area contributed by atoms with Crippen molar-refractivity contribution >= 4 is 13.7 Å². The Labute approximate surface area is 444 Å². The molecule has 414 valence electrons. The largest absolute Gasteiger partial charge is 0.756 e. The van der Waals surface area contributed by atoms with Crippen LogP contribution in [0.3, 0.4) is 0 Å². The van der Waals surface area contributed by atoms with Gasteiger partial charge in [-0.15, -0.1) is 0 Å². The number of rotatable bonds is 52. The third-order valence-corrected chi connectivity index (χ3v) is 13.4. The summed E-state index contributed by atoms with van der Waals surface area (Å²) in [6.45, 7) is 4.47. The number of nitrogens with one attached hydrogen (secondary N) is 1. The summed E-state index contributed by atoms with van der Waals surface area (Å²) in [5.74, 6) is -0.256. The molecular weight excluding hydrogens is 912 g/mol. The highest BCUT2D eigenvalue weighted by atomic mass is 31.2. The first-order chi connectivity index (χ1) is 35.0. The first kappa shape index (κ1) is 69.2. The number of unbranched alkanes of at least 4 members (excludes halogenated alkanes) is 23. The van der Waals surface area contributed by atoms with Crippen LogP contribution in [0.15, 0.2) is 109 Å². The Morgan fingerprint density at radius 3 is 1.29 bits per heavy atom. The molecule has 3 atom stereocenters. The Kier molecular flexibility index (Phi) is 50.9. The van der Waals surface area contributed by atoms with Crippen LogP contribution < -0.4 is 10.2 Å². The van der Waals surface area contributed by atoms with Crippen molar-refractivity contribution in [3.05, 3.63) is 109 Å². The molecule has 72 heavy (non-hydrogen) atoms. The van der Waals surface area contributed by atoms with E-state index in [0.717, 1.165) is 70.6 Å². The lowest BCUT2D eigenvalue weighted by atomic mass is 10.0. The number of likely N-dealkylation sites (N-methyl/N-ethyl adjacent to an activating group) is 1. The first-order valence-electron chi connectivity index (χ1n) is 29.2. The second-order valence-corrected chi connectivity index (χ2v) is 22.0. The smallest absolute Gasteiger partial charge is 0.268 e. The summed E-state index contributed by atoms with van der Waals surface area (Å²) >= 11 is 0. The van der Waals surface area contributed by atoms with Gasteiger partial charge in [-0.2, -0.15) is 0 Å². The molecule has 0 saturated heterocycles. The fourth-order valence-electron chi connectivity index (χ4n) is 7.89. The average Bonchev–Trinajstić information content (AvgIpc) is 3.34. The van der Waals surface area contributed by atoms with E-state index < -0.39 is 26.6 Å². The minimum absolute atomic E-state index is 0.0238. The van der Waals surface area contributed by atoms with Crippen LogP contribution in [0.4, 0.5) is 0 Å². The topological polar surface area (TPSA) is 108 Å². The molecule has 0 aromatic carbocycles. The molecule has 0 aliphatic heterocycles. The molecule has 9 heteroatoms. The highest BCUT2D eigenvalue weighted by Crippen LogP contribution is 2.38. The Morgan fingerprint density at radius 1 is 0.500 bits per heavy atom. The number of allylic oxidation sites excluding steroid dienone is 17. The Morgan fingerprint density at radius 2 is 0.861 bits per heavy atom. The number of aliphatic hydroxyl groups is 1. The number of phosphoric ester groups is 1. The summed E-state index contributed by atoms with van der Waals surface area (Å²) in [5, 5.41) is 13.8. The zero-order chi connectivity index (χ0) is 52.7. The minimum Gasteiger partial charge on any atom is -0.756 e. The molecule has 0 rings (SSSR count). The van der Waals surface area contributed by atoms with Gasteiger partial charge >= 0.3 is 0 Å². The summed E-state index contributed by atoms with van der Waals surface area (Å²) in [7, 11) is 1.19. The predicted octanol–water partition coefficient (Wildman–Crippen LogP) is 17.3. The number of hydrogen-bond donors (Lipinski definition) is 2. The summed E-state index contributed by atoms with van der Waals surface area (Å²) in [6, 6.07) is -0.942. The lowest BCUT2D eigenvalue weighted by Crippen LogP contribution is -2.45. The predicted molar refractivity (Wildman–Crippen MR) is 311 cm³/mol. The second kappa shape index (κ2) is 53.0. The molecule has 3 unspecified atom stereocenters. The lowest BCUT2D eigenvalue weighted by molar-refractivity contribution is -0.870. The number of amides is 1. The van der Waals surface area contributed by atoms with Crippen LogP contribution in [0.2, 0.25) is 0 Å². The summed E-state index contributed by atoms with van der Waals surface area (Å²) in [4.78, 5) is 25.5. The van der Waals surface area contributed by atoms with Gasteiger partial charge in [0.05, 0.1) is 39.9 Å². The van der Waals surface area contributed by atoms with Gasteiger partial charge in [0, 0.05) is 6.42 Å². The molecule has 1 amide bonds. The van der Waals surface area contributed by atoms with Crippen LogP contribution in [-0.2, 0) is 18.4 Å². The molecule has 0 fully saturated rings. The van der Waals surface area contributed by atoms with Gasteiger partial charge in [-0.3, -0.25) is 9.36 Å². The average molecular weight is 1020 g/mol. The number of hydrogen-bond acceptors (Lipinski definition) is 6. The quantitative estimate of drug-likeness (QED) is 0.0272. The normalized spacial score (nSPS) is 14.7. The molecule has 0 spiro atoms. The van der Waals surface area contributed by atoms with E-state index in [1.54, 1.807) is 6.08 Å². The molecular formula is C63H111N2O6P. The van der Waals surface area contributed by atoms with Crippen LogP contribution in [-0.4, -0.2) is 68.5 Å². The number of nitrogens with zero attached hydrogens (tertiary/aromatic N) is 1. The number of quaternary nitrogens is 1. The first-order valence-corrected chi connectivity index (χ1v) is 30.7. The SMILES string of the molecule is CC/C=C\C/C=C\C/C=C\C/C=C\C/C=C\C/C=C\CCCCC(=O)NC(COP(=O)([O-])OCC[N+](C)(C)C)C(O)/C=C/CC/C=C/CC/C=C/CCCCCCCCCCCCCCCCCCCCC. The van der Waals surface area contributed by atoms with Gasteiger partial charge < -0.3 is 28.8 Å². The van der Waals surface area contributed by atoms with E-state index in [1.165, 1.54) is 128 Å². The molecule has 2 N–H and O–H groups in total. The molecule has 0 aliphatic carbocycles. The molecule has 0 aromatic heterocycles. The van der Waals surface area contributed by atoms with E-state index >= 15 is 0 Å². The maximum atomic E-state index is 12.9. The fourth-order valence-corrected chi connectivity index (χ4v) is 8.62. The van der Waals surface area contributed by atoms with Crippen LogP contribution >= 0.6 is 7.82 Å². The van der Waals surface area contributed by atoms with Crippen molar-refractivity contribution in [2.24, 2.45) is 0 Å². The van der Waals surface area contributed by atoms with Crippen molar-refractivity contribution in [1.29, 1.82) is 0 Å². The van der Waals surface area contributed by atoms with Crippen LogP contribution in [0.1, 0.15) is 232 Å². The number of phosphoric acid groups is 1. The summed E-state index contributed by atoms with van der Waals surface area (Å²) in [6.07, 6.45) is 77.6. The van der Waals surface area contributed by atoms with Gasteiger partial charge in [0.1, 0.15) is 13.2 Å². The van der Waals surface area contributed by atoms with Crippen molar-refractivity contribution in [2.45, 2.75) is 244 Å². The number of carbonyl (C=O) groups excluding carboxylic acids is 1. The molecule has 0 radical (unpaired) electrons. The van der Waals surface area contributed by atoms with Gasteiger partial charge in [-0.25, -0.2) is 0 Å². The van der Waals surface area contributed by atoms with Crippen molar-refractivity contribution in [3.8, 4) is 0 Å². The standard InChI is InChI=1S/C63H111N2O6P/c1-6-8-10-12-14-16-18-20-22-24-26-28-29-30-31-32-33-34-35-37-38-40-42-44-46-48-50-52-54-56-62(66)61(60-71-72(68,69)70-59-58-65(3,4)5)64-63(67)57-55-53-51-49-47-45-43-41-39-36-27-25-23-21-19-17-15-13-11-9-7-2/h9,11,15,17,21,23,27,36,38,40-41,43,46-49,54,56,61-62,66H,6-8,10,12-14,16,18-20,22,24-26,28-35,37,39,42,44-45,50-53,55,57-60H2,1-5H3,(H-,64,67,68,69)/b11-9-,17-15-,23-21-,36-27-,40-38+,43-41-,48-46+,49-47-,56-54+. The zero-order valence-electron chi connectivity index (χ0n) is 47.1. The van der Waals surface area contributed by atoms with E-state index in [0.29, 0.717) is 23.9 Å². The van der Waals surface area contributed by atoms with E-state index in [-0.39, 0.29) is 18.9 Å². The highest BCUT2D eigenvalue weighted by molar-refractivity contribution is 7.45. The van der Waals surface area contributed by atoms with Crippen molar-refractivity contribution < 1.29 is 32.9 Å². The molecule has 0 aromatic rings. The summed E-state index contributed by atoms with van der Waals surface area (Å²) < 4.78 is 23.3. The second-order valence-electron chi connectivity index (χ2n) is 20.6. The van der Waals surface area contributed by atoms with Gasteiger partial charge in [0.2, 0.25) is 5.91 Å². The third-order valence-electron chi connectivity index (χ3n) is 12.4. The lowest BCUT2D eigenvalue weighted by Gasteiger charge is -2.29.